The number of quaternary nitrogens is 1. The fourth-order valence-corrected chi connectivity index (χ4v) is 3.40. The number of benzene rings is 1. The third-order valence-electron chi connectivity index (χ3n) is 4.29. The second-order valence-corrected chi connectivity index (χ2v) is 6.97. The number of rotatable bonds is 4. The Hall–Kier alpha value is -1.72. The number of carbonyl (C=O) groups excluding carboxylic acids is 1. The lowest BCUT2D eigenvalue weighted by atomic mass is 10.0. The van der Waals surface area contributed by atoms with Gasteiger partial charge >= 0.3 is 0 Å². The van der Waals surface area contributed by atoms with E-state index in [0.29, 0.717) is 5.56 Å². The highest BCUT2D eigenvalue weighted by Gasteiger charge is 2.23. The smallest absolute Gasteiger partial charge is 0.253 e. The number of piperidine rings is 1. The van der Waals surface area contributed by atoms with E-state index in [0.717, 1.165) is 36.9 Å². The van der Waals surface area contributed by atoms with Crippen LogP contribution in [0.1, 0.15) is 28.8 Å². The van der Waals surface area contributed by atoms with Crippen molar-refractivity contribution in [3.8, 4) is 0 Å². The molecule has 23 heavy (non-hydrogen) atoms. The number of likely N-dealkylation sites (tertiary alicyclic amines) is 1. The quantitative estimate of drug-likeness (QED) is 0.857. The van der Waals surface area contributed by atoms with E-state index in [4.69, 9.17) is 0 Å². The third-order valence-corrected chi connectivity index (χ3v) is 4.73. The van der Waals surface area contributed by atoms with E-state index in [2.05, 4.69) is 56.6 Å². The number of pyridine rings is 1. The zero-order valence-electron chi connectivity index (χ0n) is 13.0. The normalized spacial score (nSPS) is 20.9. The van der Waals surface area contributed by atoms with Crippen LogP contribution in [0.4, 0.5) is 0 Å². The summed E-state index contributed by atoms with van der Waals surface area (Å²) in [5.74, 6) is -0.0321. The maximum atomic E-state index is 12.3. The van der Waals surface area contributed by atoms with Crippen molar-refractivity contribution in [1.82, 2.24) is 10.3 Å². The van der Waals surface area contributed by atoms with Gasteiger partial charge in [0.2, 0.25) is 0 Å². The summed E-state index contributed by atoms with van der Waals surface area (Å²) < 4.78 is 0.826. The molecular formula is C18H21BrN3O+. The minimum atomic E-state index is -0.0321. The number of hydrogen-bond acceptors (Lipinski definition) is 2. The average molecular weight is 375 g/mol. The van der Waals surface area contributed by atoms with E-state index in [-0.39, 0.29) is 11.9 Å². The highest BCUT2D eigenvalue weighted by molar-refractivity contribution is 9.10. The Morgan fingerprint density at radius 2 is 1.96 bits per heavy atom. The summed E-state index contributed by atoms with van der Waals surface area (Å²) in [5.41, 5.74) is 1.99. The Morgan fingerprint density at radius 3 is 2.65 bits per heavy atom. The molecule has 1 aliphatic heterocycles. The molecule has 1 saturated heterocycles. The van der Waals surface area contributed by atoms with Gasteiger partial charge in [-0.3, -0.25) is 9.78 Å². The molecule has 2 heterocycles. The van der Waals surface area contributed by atoms with Gasteiger partial charge in [0.05, 0.1) is 18.7 Å². The number of nitrogens with zero attached hydrogens (tertiary/aromatic N) is 1. The molecule has 0 unspecified atom stereocenters. The van der Waals surface area contributed by atoms with Crippen molar-refractivity contribution < 1.29 is 9.69 Å². The minimum Gasteiger partial charge on any atom is -0.349 e. The number of hydrogen-bond donors (Lipinski definition) is 2. The molecule has 2 N–H and O–H groups in total. The molecule has 0 saturated carbocycles. The van der Waals surface area contributed by atoms with Gasteiger partial charge in [-0.2, -0.15) is 0 Å². The van der Waals surface area contributed by atoms with Gasteiger partial charge in [-0.15, -0.1) is 0 Å². The summed E-state index contributed by atoms with van der Waals surface area (Å²) in [6.07, 6.45) is 5.34. The molecule has 0 atom stereocenters. The fourth-order valence-electron chi connectivity index (χ4n) is 3.04. The van der Waals surface area contributed by atoms with Crippen LogP contribution < -0.4 is 10.2 Å². The highest BCUT2D eigenvalue weighted by Crippen LogP contribution is 2.10. The van der Waals surface area contributed by atoms with E-state index < -0.39 is 0 Å². The van der Waals surface area contributed by atoms with Crippen molar-refractivity contribution >= 4 is 21.8 Å². The average Bonchev–Trinajstić information content (AvgIpc) is 2.57. The molecule has 0 spiro atoms. The van der Waals surface area contributed by atoms with Gasteiger partial charge in [0, 0.05) is 41.3 Å². The van der Waals surface area contributed by atoms with Gasteiger partial charge in [0.1, 0.15) is 6.54 Å². The van der Waals surface area contributed by atoms with Gasteiger partial charge < -0.3 is 10.2 Å². The van der Waals surface area contributed by atoms with Crippen LogP contribution in [0.2, 0.25) is 0 Å². The maximum Gasteiger partial charge on any atom is 0.253 e. The number of halogens is 1. The summed E-state index contributed by atoms with van der Waals surface area (Å²) in [6, 6.07) is 12.7. The van der Waals surface area contributed by atoms with E-state index >= 15 is 0 Å². The third kappa shape index (κ3) is 4.62. The number of amides is 1. The molecule has 2 aromatic rings. The Morgan fingerprint density at radius 1 is 1.22 bits per heavy atom. The van der Waals surface area contributed by atoms with E-state index in [1.54, 1.807) is 23.4 Å². The SMILES string of the molecule is O=C(NC1CC[NH+](Cc2ccccc2)CC1)c1cncc(Br)c1. The molecule has 1 aromatic heterocycles. The summed E-state index contributed by atoms with van der Waals surface area (Å²) in [5, 5.41) is 3.13. The summed E-state index contributed by atoms with van der Waals surface area (Å²) in [4.78, 5) is 17.9. The first kappa shape index (κ1) is 16.1. The van der Waals surface area contributed by atoms with Crippen LogP contribution in [0.15, 0.2) is 53.3 Å². The van der Waals surface area contributed by atoms with Crippen LogP contribution in [0.5, 0.6) is 0 Å². The first-order chi connectivity index (χ1) is 11.2. The van der Waals surface area contributed by atoms with Gasteiger partial charge in [-0.25, -0.2) is 0 Å². The monoisotopic (exact) mass is 374 g/mol. The van der Waals surface area contributed by atoms with Crippen molar-refractivity contribution in [2.24, 2.45) is 0 Å². The van der Waals surface area contributed by atoms with Crippen LogP contribution in [0, 0.1) is 0 Å². The predicted molar refractivity (Wildman–Crippen MR) is 93.3 cm³/mol. The first-order valence-corrected chi connectivity index (χ1v) is 8.79. The predicted octanol–water partition coefficient (Wildman–Crippen LogP) is 1.82. The van der Waals surface area contributed by atoms with Crippen LogP contribution >= 0.6 is 15.9 Å². The Bertz CT molecular complexity index is 654. The molecule has 0 radical (unpaired) electrons. The molecule has 1 fully saturated rings. The van der Waals surface area contributed by atoms with Crippen LogP contribution in [-0.4, -0.2) is 30.0 Å². The van der Waals surface area contributed by atoms with Crippen LogP contribution in [0.3, 0.4) is 0 Å². The van der Waals surface area contributed by atoms with Gasteiger partial charge in [-0.1, -0.05) is 30.3 Å². The maximum absolute atomic E-state index is 12.3. The van der Waals surface area contributed by atoms with Gasteiger partial charge in [0.25, 0.3) is 5.91 Å². The Balaban J connectivity index is 1.48. The van der Waals surface area contributed by atoms with Crippen molar-refractivity contribution in [3.05, 3.63) is 64.4 Å². The van der Waals surface area contributed by atoms with E-state index in [9.17, 15) is 4.79 Å². The number of nitrogens with one attached hydrogen (secondary N) is 2. The van der Waals surface area contributed by atoms with Crippen LogP contribution in [0.25, 0.3) is 0 Å². The number of carbonyl (C=O) groups is 1. The Labute approximate surface area is 145 Å². The van der Waals surface area contributed by atoms with Gasteiger partial charge in [-0.05, 0) is 22.0 Å². The molecule has 1 amide bonds. The lowest BCUT2D eigenvalue weighted by molar-refractivity contribution is -0.918. The minimum absolute atomic E-state index is 0.0321. The lowest BCUT2D eigenvalue weighted by Crippen LogP contribution is -3.12. The van der Waals surface area contributed by atoms with Crippen molar-refractivity contribution in [3.63, 3.8) is 0 Å². The molecule has 0 bridgehead atoms. The molecular weight excluding hydrogens is 354 g/mol. The first-order valence-electron chi connectivity index (χ1n) is 7.99. The fraction of sp³-hybridized carbons (Fsp3) is 0.333. The lowest BCUT2D eigenvalue weighted by Gasteiger charge is -2.29. The zero-order chi connectivity index (χ0) is 16.1. The van der Waals surface area contributed by atoms with E-state index in [1.165, 1.54) is 5.56 Å². The van der Waals surface area contributed by atoms with E-state index in [1.807, 2.05) is 0 Å². The topological polar surface area (TPSA) is 46.4 Å². The van der Waals surface area contributed by atoms with Gasteiger partial charge in [0.15, 0.2) is 0 Å². The number of aromatic nitrogens is 1. The van der Waals surface area contributed by atoms with Crippen molar-refractivity contribution in [2.75, 3.05) is 13.1 Å². The molecule has 4 nitrogen and oxygen atoms in total. The standard InChI is InChI=1S/C18H20BrN3O/c19-16-10-15(11-20-12-16)18(23)21-17-6-8-22(9-7-17)13-14-4-2-1-3-5-14/h1-5,10-12,17H,6-9,13H2,(H,21,23)/p+1. The highest BCUT2D eigenvalue weighted by atomic mass is 79.9. The molecule has 1 aliphatic rings. The molecule has 120 valence electrons. The molecule has 0 aliphatic carbocycles. The Kier molecular flexibility index (Phi) is 5.41. The van der Waals surface area contributed by atoms with Crippen molar-refractivity contribution in [2.45, 2.75) is 25.4 Å². The summed E-state index contributed by atoms with van der Waals surface area (Å²) >= 11 is 3.35. The molecule has 1 aromatic carbocycles. The van der Waals surface area contributed by atoms with Crippen molar-refractivity contribution in [1.29, 1.82) is 0 Å². The second kappa shape index (κ2) is 7.70. The molecule has 5 heteroatoms. The van der Waals surface area contributed by atoms with Crippen LogP contribution in [-0.2, 0) is 6.54 Å². The largest absolute Gasteiger partial charge is 0.349 e. The second-order valence-electron chi connectivity index (χ2n) is 6.05. The summed E-state index contributed by atoms with van der Waals surface area (Å²) in [6.45, 7) is 3.25. The summed E-state index contributed by atoms with van der Waals surface area (Å²) in [7, 11) is 0. The molecule has 3 rings (SSSR count). The zero-order valence-corrected chi connectivity index (χ0v) is 14.6.